The number of anilines is 1. The second kappa shape index (κ2) is 7.75. The molecule has 1 aliphatic carbocycles. The molecule has 2 aromatic heterocycles. The summed E-state index contributed by atoms with van der Waals surface area (Å²) >= 11 is 12.4. The highest BCUT2D eigenvalue weighted by atomic mass is 35.5. The number of pyridine rings is 1. The number of nitrogens with two attached hydrogens (primary N) is 1. The quantitative estimate of drug-likeness (QED) is 0.733. The smallest absolute Gasteiger partial charge is 0.153 e. The van der Waals surface area contributed by atoms with Crippen LogP contribution in [0.3, 0.4) is 0 Å². The van der Waals surface area contributed by atoms with Crippen molar-refractivity contribution in [1.82, 2.24) is 15.0 Å². The van der Waals surface area contributed by atoms with Gasteiger partial charge in [-0.2, -0.15) is 0 Å². The number of nitrogens with zero attached hydrogens (tertiary/aromatic N) is 4. The molecule has 2 aliphatic rings. The van der Waals surface area contributed by atoms with E-state index >= 15 is 0 Å². The highest BCUT2D eigenvalue weighted by molar-refractivity contribution is 6.42. The van der Waals surface area contributed by atoms with Gasteiger partial charge in [-0.3, -0.25) is 0 Å². The van der Waals surface area contributed by atoms with Crippen LogP contribution in [0.25, 0.3) is 11.3 Å². The van der Waals surface area contributed by atoms with Gasteiger partial charge in [0, 0.05) is 30.9 Å². The molecule has 0 aromatic carbocycles. The minimum atomic E-state index is -0.187. The van der Waals surface area contributed by atoms with E-state index in [4.69, 9.17) is 38.9 Å². The van der Waals surface area contributed by atoms with Gasteiger partial charge < -0.3 is 15.7 Å². The Kier molecular flexibility index (Phi) is 5.49. The molecule has 0 bridgehead atoms. The van der Waals surface area contributed by atoms with Crippen LogP contribution in [-0.2, 0) is 6.61 Å². The van der Waals surface area contributed by atoms with Crippen LogP contribution in [0.5, 0.6) is 0 Å². The van der Waals surface area contributed by atoms with Gasteiger partial charge in [0.05, 0.1) is 23.0 Å². The van der Waals surface area contributed by atoms with Crippen LogP contribution in [0.1, 0.15) is 43.5 Å². The van der Waals surface area contributed by atoms with Crippen LogP contribution >= 0.6 is 23.2 Å². The number of halogens is 2. The van der Waals surface area contributed by atoms with Crippen LogP contribution in [0.15, 0.2) is 12.3 Å². The molecule has 1 saturated carbocycles. The summed E-state index contributed by atoms with van der Waals surface area (Å²) in [6.45, 7) is 3.48. The molecule has 1 aliphatic heterocycles. The molecule has 0 radical (unpaired) electrons. The van der Waals surface area contributed by atoms with E-state index in [0.717, 1.165) is 43.9 Å². The molecule has 3 N–H and O–H groups in total. The van der Waals surface area contributed by atoms with Gasteiger partial charge in [0.1, 0.15) is 10.8 Å². The number of piperidine rings is 1. The summed E-state index contributed by atoms with van der Waals surface area (Å²) in [5, 5.41) is 10.5. The van der Waals surface area contributed by atoms with Crippen molar-refractivity contribution in [3.8, 4) is 11.3 Å². The lowest BCUT2D eigenvalue weighted by molar-refractivity contribution is 0.196. The Morgan fingerprint density at radius 1 is 1.25 bits per heavy atom. The van der Waals surface area contributed by atoms with Crippen molar-refractivity contribution in [2.75, 3.05) is 18.0 Å². The van der Waals surface area contributed by atoms with Crippen molar-refractivity contribution in [2.45, 2.75) is 51.7 Å². The molecule has 0 amide bonds. The van der Waals surface area contributed by atoms with Gasteiger partial charge in [0.2, 0.25) is 0 Å². The Bertz CT molecular complexity index is 883. The Balaban J connectivity index is 1.64. The molecule has 1 saturated heterocycles. The molecule has 3 heterocycles. The first-order chi connectivity index (χ1) is 13.4. The van der Waals surface area contributed by atoms with Crippen LogP contribution in [0, 0.1) is 12.3 Å². The fraction of sp³-hybridized carbons (Fsp3) is 0.550. The number of aromatic nitrogens is 3. The SMILES string of the molecule is Cc1nc(N2CCC3(CCC[C@H]3N)CC2)c(CO)nc1-c1ccnc(Cl)c1Cl. The van der Waals surface area contributed by atoms with Gasteiger partial charge in [0.25, 0.3) is 0 Å². The average Bonchev–Trinajstić information content (AvgIpc) is 3.04. The minimum absolute atomic E-state index is 0.187. The normalized spacial score (nSPS) is 21.5. The summed E-state index contributed by atoms with van der Waals surface area (Å²) in [5.41, 5.74) is 9.27. The summed E-state index contributed by atoms with van der Waals surface area (Å²) in [6, 6.07) is 2.07. The van der Waals surface area contributed by atoms with Gasteiger partial charge in [-0.25, -0.2) is 15.0 Å². The number of aliphatic hydroxyl groups is 1. The van der Waals surface area contributed by atoms with Crippen molar-refractivity contribution in [3.63, 3.8) is 0 Å². The third-order valence-electron chi connectivity index (χ3n) is 6.41. The largest absolute Gasteiger partial charge is 0.390 e. The van der Waals surface area contributed by atoms with Gasteiger partial charge >= 0.3 is 0 Å². The molecule has 4 rings (SSSR count). The number of aryl methyl sites for hydroxylation is 1. The van der Waals surface area contributed by atoms with Crippen LogP contribution < -0.4 is 10.6 Å². The Hall–Kier alpha value is -1.47. The topological polar surface area (TPSA) is 88.2 Å². The van der Waals surface area contributed by atoms with Crippen molar-refractivity contribution < 1.29 is 5.11 Å². The molecule has 0 unspecified atom stereocenters. The molecule has 8 heteroatoms. The van der Waals surface area contributed by atoms with Gasteiger partial charge in [-0.05, 0) is 44.1 Å². The molecule has 1 atom stereocenters. The van der Waals surface area contributed by atoms with Crippen molar-refractivity contribution in [2.24, 2.45) is 11.1 Å². The number of rotatable bonds is 3. The third-order valence-corrected chi connectivity index (χ3v) is 7.17. The Morgan fingerprint density at radius 3 is 2.64 bits per heavy atom. The number of hydrogen-bond donors (Lipinski definition) is 2. The predicted octanol–water partition coefficient (Wildman–Crippen LogP) is 3.74. The molecule has 2 aromatic rings. The van der Waals surface area contributed by atoms with E-state index in [2.05, 4.69) is 9.88 Å². The van der Waals surface area contributed by atoms with Crippen LogP contribution in [0.4, 0.5) is 5.82 Å². The maximum absolute atomic E-state index is 9.96. The summed E-state index contributed by atoms with van der Waals surface area (Å²) < 4.78 is 0. The Morgan fingerprint density at radius 2 is 2.00 bits per heavy atom. The third kappa shape index (κ3) is 3.36. The maximum atomic E-state index is 9.96. The Labute approximate surface area is 175 Å². The van der Waals surface area contributed by atoms with E-state index in [9.17, 15) is 5.11 Å². The van der Waals surface area contributed by atoms with Gasteiger partial charge in [-0.15, -0.1) is 0 Å². The summed E-state index contributed by atoms with van der Waals surface area (Å²) in [6.07, 6.45) is 7.29. The standard InChI is InChI=1S/C20H25Cl2N5O/c1-12-17(13-4-8-24-18(22)16(13)21)26-14(11-28)19(25-12)27-9-6-20(7-10-27)5-2-3-15(20)23/h4,8,15,28H,2-3,5-7,9-11,23H2,1H3/t15-/m1/s1. The lowest BCUT2D eigenvalue weighted by Gasteiger charge is -2.42. The molecular formula is C20H25Cl2N5O. The average molecular weight is 422 g/mol. The summed E-state index contributed by atoms with van der Waals surface area (Å²) in [7, 11) is 0. The predicted molar refractivity (Wildman–Crippen MR) is 112 cm³/mol. The van der Waals surface area contributed by atoms with E-state index < -0.39 is 0 Å². The first-order valence-corrected chi connectivity index (χ1v) is 10.5. The molecule has 1 spiro atoms. The van der Waals surface area contributed by atoms with Crippen LogP contribution in [0.2, 0.25) is 10.2 Å². The summed E-state index contributed by atoms with van der Waals surface area (Å²) in [4.78, 5) is 15.7. The lowest BCUT2D eigenvalue weighted by atomic mass is 9.74. The second-order valence-electron chi connectivity index (χ2n) is 7.90. The molecule has 150 valence electrons. The molecular weight excluding hydrogens is 397 g/mol. The van der Waals surface area contributed by atoms with Gasteiger partial charge in [-0.1, -0.05) is 29.6 Å². The van der Waals surface area contributed by atoms with Gasteiger partial charge in [0.15, 0.2) is 5.82 Å². The molecule has 28 heavy (non-hydrogen) atoms. The summed E-state index contributed by atoms with van der Waals surface area (Å²) in [5.74, 6) is 0.751. The first kappa shape index (κ1) is 19.8. The van der Waals surface area contributed by atoms with E-state index in [1.54, 1.807) is 12.3 Å². The lowest BCUT2D eigenvalue weighted by Crippen LogP contribution is -2.47. The minimum Gasteiger partial charge on any atom is -0.390 e. The van der Waals surface area contributed by atoms with Crippen molar-refractivity contribution in [1.29, 1.82) is 0 Å². The van der Waals surface area contributed by atoms with E-state index in [1.165, 1.54) is 12.8 Å². The number of aliphatic hydroxyl groups excluding tert-OH is 1. The zero-order valence-corrected chi connectivity index (χ0v) is 17.5. The highest BCUT2D eigenvalue weighted by Crippen LogP contribution is 2.46. The number of hydrogen-bond acceptors (Lipinski definition) is 6. The zero-order valence-electron chi connectivity index (χ0n) is 16.0. The van der Waals surface area contributed by atoms with Crippen molar-refractivity contribution >= 4 is 29.0 Å². The van der Waals surface area contributed by atoms with E-state index in [0.29, 0.717) is 28.0 Å². The van der Waals surface area contributed by atoms with E-state index in [-0.39, 0.29) is 17.2 Å². The second-order valence-corrected chi connectivity index (χ2v) is 8.63. The van der Waals surface area contributed by atoms with E-state index in [1.807, 2.05) is 6.92 Å². The molecule has 6 nitrogen and oxygen atoms in total. The van der Waals surface area contributed by atoms with Crippen molar-refractivity contribution in [3.05, 3.63) is 33.8 Å². The first-order valence-electron chi connectivity index (χ1n) is 9.74. The van der Waals surface area contributed by atoms with Crippen LogP contribution in [-0.4, -0.2) is 39.2 Å². The fourth-order valence-electron chi connectivity index (χ4n) is 4.71. The monoisotopic (exact) mass is 421 g/mol. The maximum Gasteiger partial charge on any atom is 0.153 e. The highest BCUT2D eigenvalue weighted by Gasteiger charge is 2.43. The molecule has 2 fully saturated rings. The fourth-order valence-corrected chi connectivity index (χ4v) is 5.07. The zero-order chi connectivity index (χ0) is 19.9.